The monoisotopic (exact) mass is 298 g/mol. The van der Waals surface area contributed by atoms with E-state index >= 15 is 0 Å². The number of esters is 1. The Kier molecular flexibility index (Phi) is 4.29. The second-order valence-electron chi connectivity index (χ2n) is 4.79. The predicted molar refractivity (Wildman–Crippen MR) is 75.2 cm³/mol. The number of carbonyl (C=O) groups is 1. The molecular formula is C13H18N2O4S. The Bertz CT molecular complexity index is 583. The molecule has 1 aromatic rings. The maximum Gasteiger partial charge on any atom is 0.324 e. The van der Waals surface area contributed by atoms with Gasteiger partial charge in [-0.3, -0.25) is 4.79 Å². The van der Waals surface area contributed by atoms with Gasteiger partial charge in [-0.1, -0.05) is 12.1 Å². The second kappa shape index (κ2) is 5.80. The van der Waals surface area contributed by atoms with Crippen molar-refractivity contribution >= 4 is 21.7 Å². The molecule has 2 N–H and O–H groups in total. The van der Waals surface area contributed by atoms with Crippen molar-refractivity contribution in [2.24, 2.45) is 0 Å². The number of nitrogens with zero attached hydrogens (tertiary/aromatic N) is 1. The zero-order valence-electron chi connectivity index (χ0n) is 11.3. The van der Waals surface area contributed by atoms with Crippen LogP contribution in [0.25, 0.3) is 0 Å². The highest BCUT2D eigenvalue weighted by atomic mass is 32.2. The number of carbonyl (C=O) groups excluding carboxylic acids is 1. The largest absolute Gasteiger partial charge is 0.468 e. The highest BCUT2D eigenvalue weighted by molar-refractivity contribution is 7.88. The van der Waals surface area contributed by atoms with Crippen LogP contribution in [0.3, 0.4) is 0 Å². The van der Waals surface area contributed by atoms with Crippen LogP contribution >= 0.6 is 0 Å². The van der Waals surface area contributed by atoms with Crippen LogP contribution in [0.15, 0.2) is 24.3 Å². The molecule has 1 fully saturated rings. The number of benzene rings is 1. The molecule has 1 unspecified atom stereocenters. The van der Waals surface area contributed by atoms with Gasteiger partial charge in [-0.15, -0.1) is 0 Å². The van der Waals surface area contributed by atoms with Crippen LogP contribution in [0, 0.1) is 0 Å². The lowest BCUT2D eigenvalue weighted by Crippen LogP contribution is -2.41. The number of hydrogen-bond acceptors (Lipinski definition) is 5. The molecule has 110 valence electrons. The van der Waals surface area contributed by atoms with Crippen LogP contribution in [0.5, 0.6) is 0 Å². The summed E-state index contributed by atoms with van der Waals surface area (Å²) in [6, 6.07) is 5.98. The second-order valence-corrected chi connectivity index (χ2v) is 6.71. The van der Waals surface area contributed by atoms with E-state index in [1.807, 2.05) is 0 Å². The van der Waals surface area contributed by atoms with E-state index in [9.17, 15) is 13.2 Å². The first-order valence-electron chi connectivity index (χ1n) is 6.36. The first-order valence-corrected chi connectivity index (χ1v) is 7.97. The third-order valence-corrected chi connectivity index (χ3v) is 5.21. The molecule has 2 rings (SSSR count). The molecule has 1 aromatic carbocycles. The molecular weight excluding hydrogens is 280 g/mol. The van der Waals surface area contributed by atoms with Gasteiger partial charge in [0.1, 0.15) is 6.04 Å². The number of hydrogen-bond donors (Lipinski definition) is 1. The summed E-state index contributed by atoms with van der Waals surface area (Å²) in [5.41, 5.74) is 6.80. The number of ether oxygens (including phenoxy) is 1. The minimum absolute atomic E-state index is 0.138. The van der Waals surface area contributed by atoms with Gasteiger partial charge in [0.05, 0.1) is 12.9 Å². The smallest absolute Gasteiger partial charge is 0.324 e. The minimum atomic E-state index is -3.54. The Hall–Kier alpha value is -1.60. The molecule has 0 radical (unpaired) electrons. The molecule has 1 aliphatic rings. The fraction of sp³-hybridized carbons (Fsp3) is 0.462. The Morgan fingerprint density at radius 2 is 2.05 bits per heavy atom. The molecule has 0 amide bonds. The lowest BCUT2D eigenvalue weighted by molar-refractivity contribution is -0.144. The van der Waals surface area contributed by atoms with Gasteiger partial charge in [-0.2, -0.15) is 4.31 Å². The molecule has 0 aromatic heterocycles. The van der Waals surface area contributed by atoms with Crippen molar-refractivity contribution in [1.29, 1.82) is 0 Å². The number of nitrogens with two attached hydrogens (primary N) is 1. The maximum absolute atomic E-state index is 12.4. The number of nitrogen functional groups attached to an aromatic ring is 1. The van der Waals surface area contributed by atoms with E-state index in [-0.39, 0.29) is 5.75 Å². The zero-order chi connectivity index (χ0) is 14.8. The van der Waals surface area contributed by atoms with Crippen molar-refractivity contribution in [2.75, 3.05) is 19.4 Å². The average Bonchev–Trinajstić information content (AvgIpc) is 2.90. The highest BCUT2D eigenvalue weighted by Crippen LogP contribution is 2.24. The molecule has 1 heterocycles. The fourth-order valence-electron chi connectivity index (χ4n) is 2.35. The summed E-state index contributed by atoms with van der Waals surface area (Å²) in [5.74, 6) is -0.635. The Labute approximate surface area is 118 Å². The van der Waals surface area contributed by atoms with Crippen LogP contribution < -0.4 is 5.73 Å². The van der Waals surface area contributed by atoms with Gasteiger partial charge in [0.15, 0.2) is 0 Å². The molecule has 0 spiro atoms. The lowest BCUT2D eigenvalue weighted by Gasteiger charge is -2.22. The summed E-state index contributed by atoms with van der Waals surface area (Å²) in [6.45, 7) is 0.358. The first kappa shape index (κ1) is 14.8. The molecule has 0 aliphatic carbocycles. The van der Waals surface area contributed by atoms with Crippen molar-refractivity contribution in [1.82, 2.24) is 4.31 Å². The average molecular weight is 298 g/mol. The SMILES string of the molecule is COC(=O)C1CCCN1S(=O)(=O)Cc1ccc(N)cc1. The Balaban J connectivity index is 2.17. The van der Waals surface area contributed by atoms with Crippen molar-refractivity contribution in [3.05, 3.63) is 29.8 Å². The Morgan fingerprint density at radius 1 is 1.40 bits per heavy atom. The van der Waals surface area contributed by atoms with Crippen molar-refractivity contribution in [3.8, 4) is 0 Å². The topological polar surface area (TPSA) is 89.7 Å². The number of methoxy groups -OCH3 is 1. The number of sulfonamides is 1. The molecule has 6 nitrogen and oxygen atoms in total. The Morgan fingerprint density at radius 3 is 2.65 bits per heavy atom. The quantitative estimate of drug-likeness (QED) is 0.654. The molecule has 1 atom stereocenters. The van der Waals surface area contributed by atoms with Crippen molar-refractivity contribution in [2.45, 2.75) is 24.6 Å². The number of anilines is 1. The standard InChI is InChI=1S/C13H18N2O4S/c1-19-13(16)12-3-2-8-15(12)20(17,18)9-10-4-6-11(14)7-5-10/h4-7,12H,2-3,8-9,14H2,1H3. The van der Waals surface area contributed by atoms with E-state index in [4.69, 9.17) is 5.73 Å². The van der Waals surface area contributed by atoms with E-state index in [2.05, 4.69) is 4.74 Å². The molecule has 1 saturated heterocycles. The van der Waals surface area contributed by atoms with Gasteiger partial charge < -0.3 is 10.5 Å². The number of rotatable bonds is 4. The van der Waals surface area contributed by atoms with Gasteiger partial charge in [0.25, 0.3) is 0 Å². The van der Waals surface area contributed by atoms with E-state index in [1.54, 1.807) is 24.3 Å². The van der Waals surface area contributed by atoms with E-state index < -0.39 is 22.0 Å². The lowest BCUT2D eigenvalue weighted by atomic mass is 10.2. The molecule has 0 saturated carbocycles. The van der Waals surface area contributed by atoms with E-state index in [0.29, 0.717) is 30.6 Å². The van der Waals surface area contributed by atoms with Crippen LogP contribution in [0.1, 0.15) is 18.4 Å². The summed E-state index contributed by atoms with van der Waals surface area (Å²) >= 11 is 0. The van der Waals surface area contributed by atoms with Gasteiger partial charge >= 0.3 is 5.97 Å². The van der Waals surface area contributed by atoms with E-state index in [1.165, 1.54) is 11.4 Å². The maximum atomic E-state index is 12.4. The van der Waals surface area contributed by atoms with Gasteiger partial charge in [-0.05, 0) is 30.5 Å². The predicted octanol–water partition coefficient (Wildman–Crippen LogP) is 0.736. The summed E-state index contributed by atoms with van der Waals surface area (Å²) in [6.07, 6.45) is 1.17. The summed E-state index contributed by atoms with van der Waals surface area (Å²) < 4.78 is 30.7. The highest BCUT2D eigenvalue weighted by Gasteiger charge is 2.39. The van der Waals surface area contributed by atoms with E-state index in [0.717, 1.165) is 0 Å². The van der Waals surface area contributed by atoms with Crippen LogP contribution in [0.2, 0.25) is 0 Å². The molecule has 1 aliphatic heterocycles. The molecule has 20 heavy (non-hydrogen) atoms. The summed E-state index contributed by atoms with van der Waals surface area (Å²) in [7, 11) is -2.27. The zero-order valence-corrected chi connectivity index (χ0v) is 12.1. The van der Waals surface area contributed by atoms with Crippen LogP contribution in [-0.2, 0) is 25.3 Å². The van der Waals surface area contributed by atoms with Gasteiger partial charge in [-0.25, -0.2) is 8.42 Å². The third-order valence-electron chi connectivity index (χ3n) is 3.36. The summed E-state index contributed by atoms with van der Waals surface area (Å²) in [4.78, 5) is 11.6. The van der Waals surface area contributed by atoms with Crippen LogP contribution in [0.4, 0.5) is 5.69 Å². The van der Waals surface area contributed by atoms with Gasteiger partial charge in [0, 0.05) is 12.2 Å². The molecule has 7 heteroatoms. The fourth-order valence-corrected chi connectivity index (χ4v) is 4.12. The van der Waals surface area contributed by atoms with Crippen molar-refractivity contribution in [3.63, 3.8) is 0 Å². The minimum Gasteiger partial charge on any atom is -0.468 e. The van der Waals surface area contributed by atoms with Crippen LogP contribution in [-0.4, -0.2) is 38.4 Å². The first-order chi connectivity index (χ1) is 9.44. The normalized spacial score (nSPS) is 19.9. The summed E-state index contributed by atoms with van der Waals surface area (Å²) in [5, 5.41) is 0. The third kappa shape index (κ3) is 3.10. The molecule has 0 bridgehead atoms. The van der Waals surface area contributed by atoms with Gasteiger partial charge in [0.2, 0.25) is 10.0 Å². The van der Waals surface area contributed by atoms with Crippen molar-refractivity contribution < 1.29 is 17.9 Å².